The molecule has 2 nitrogen and oxygen atoms in total. The Balaban J connectivity index is 1.49. The maximum absolute atomic E-state index is 12.9. The first-order chi connectivity index (χ1) is 10.3. The summed E-state index contributed by atoms with van der Waals surface area (Å²) in [5.41, 5.74) is 0. The van der Waals surface area contributed by atoms with Crippen molar-refractivity contribution in [1.29, 1.82) is 0 Å². The number of hydrogen-bond donors (Lipinski definition) is 1. The van der Waals surface area contributed by atoms with Gasteiger partial charge in [-0.2, -0.15) is 0 Å². The number of nitrogens with zero attached hydrogens (tertiary/aromatic N) is 1. The second-order valence-corrected chi connectivity index (χ2v) is 7.27. The van der Waals surface area contributed by atoms with Crippen LogP contribution in [0.15, 0.2) is 29.2 Å². The summed E-state index contributed by atoms with van der Waals surface area (Å²) in [4.78, 5) is 3.85. The smallest absolute Gasteiger partial charge is 0.123 e. The third-order valence-corrected chi connectivity index (χ3v) is 5.68. The van der Waals surface area contributed by atoms with Gasteiger partial charge in [-0.3, -0.25) is 4.90 Å². The van der Waals surface area contributed by atoms with E-state index in [9.17, 15) is 4.39 Å². The topological polar surface area (TPSA) is 15.3 Å². The molecule has 1 aromatic rings. The number of benzene rings is 1. The lowest BCUT2D eigenvalue weighted by molar-refractivity contribution is 0.128. The van der Waals surface area contributed by atoms with E-state index in [1.807, 2.05) is 23.9 Å². The first kappa shape index (κ1) is 15.3. The number of halogens is 1. The third-order valence-electron chi connectivity index (χ3n) is 4.69. The fourth-order valence-corrected chi connectivity index (χ4v) is 4.49. The van der Waals surface area contributed by atoms with E-state index in [-0.39, 0.29) is 5.82 Å². The molecule has 1 N–H and O–H groups in total. The average molecular weight is 308 g/mol. The highest BCUT2D eigenvalue weighted by Gasteiger charge is 2.30. The second-order valence-electron chi connectivity index (χ2n) is 6.10. The SMILES string of the molecule is Fc1ccc(SCCN2CCCCC2C2CCCN2)cc1. The van der Waals surface area contributed by atoms with Crippen LogP contribution in [0.3, 0.4) is 0 Å². The molecule has 2 unspecified atom stereocenters. The van der Waals surface area contributed by atoms with E-state index in [0.29, 0.717) is 6.04 Å². The maximum atomic E-state index is 12.9. The van der Waals surface area contributed by atoms with Crippen molar-refractivity contribution >= 4 is 11.8 Å². The minimum Gasteiger partial charge on any atom is -0.312 e. The number of nitrogens with one attached hydrogen (secondary N) is 1. The van der Waals surface area contributed by atoms with Crippen LogP contribution in [0.1, 0.15) is 32.1 Å². The Hall–Kier alpha value is -0.580. The molecular formula is C17H25FN2S. The minimum absolute atomic E-state index is 0.150. The van der Waals surface area contributed by atoms with Crippen LogP contribution in [0.2, 0.25) is 0 Å². The molecule has 2 heterocycles. The monoisotopic (exact) mass is 308 g/mol. The quantitative estimate of drug-likeness (QED) is 0.838. The molecule has 0 saturated carbocycles. The van der Waals surface area contributed by atoms with E-state index in [0.717, 1.165) is 18.3 Å². The van der Waals surface area contributed by atoms with Gasteiger partial charge in [-0.1, -0.05) is 6.42 Å². The van der Waals surface area contributed by atoms with Crippen LogP contribution in [-0.2, 0) is 0 Å². The molecule has 0 aliphatic carbocycles. The van der Waals surface area contributed by atoms with Crippen molar-refractivity contribution < 1.29 is 4.39 Å². The lowest BCUT2D eigenvalue weighted by Crippen LogP contribution is -2.50. The Bertz CT molecular complexity index is 431. The van der Waals surface area contributed by atoms with E-state index in [2.05, 4.69) is 10.2 Å². The zero-order chi connectivity index (χ0) is 14.5. The molecule has 4 heteroatoms. The van der Waals surface area contributed by atoms with Gasteiger partial charge in [0.15, 0.2) is 0 Å². The van der Waals surface area contributed by atoms with Crippen LogP contribution >= 0.6 is 11.8 Å². The summed E-state index contributed by atoms with van der Waals surface area (Å²) >= 11 is 1.84. The second kappa shape index (κ2) is 7.61. The van der Waals surface area contributed by atoms with Crippen LogP contribution in [-0.4, -0.2) is 42.4 Å². The lowest BCUT2D eigenvalue weighted by Gasteiger charge is -2.39. The van der Waals surface area contributed by atoms with Crippen LogP contribution in [0.25, 0.3) is 0 Å². The number of hydrogen-bond acceptors (Lipinski definition) is 3. The summed E-state index contributed by atoms with van der Waals surface area (Å²) < 4.78 is 12.9. The lowest BCUT2D eigenvalue weighted by atomic mass is 9.95. The Labute approximate surface area is 131 Å². The molecule has 2 aliphatic heterocycles. The summed E-state index contributed by atoms with van der Waals surface area (Å²) in [6, 6.07) is 8.30. The Morgan fingerprint density at radius 3 is 2.76 bits per heavy atom. The van der Waals surface area contributed by atoms with E-state index in [1.165, 1.54) is 50.1 Å². The highest BCUT2D eigenvalue weighted by molar-refractivity contribution is 7.99. The maximum Gasteiger partial charge on any atom is 0.123 e. The molecule has 0 bridgehead atoms. The molecule has 2 aliphatic rings. The molecule has 0 amide bonds. The molecule has 2 atom stereocenters. The molecule has 116 valence electrons. The van der Waals surface area contributed by atoms with Gasteiger partial charge in [-0.25, -0.2) is 4.39 Å². The molecule has 2 saturated heterocycles. The van der Waals surface area contributed by atoms with Gasteiger partial charge in [0.25, 0.3) is 0 Å². The number of rotatable bonds is 5. The van der Waals surface area contributed by atoms with Gasteiger partial charge in [0.2, 0.25) is 0 Å². The van der Waals surface area contributed by atoms with E-state index in [1.54, 1.807) is 12.1 Å². The number of thioether (sulfide) groups is 1. The average Bonchev–Trinajstić information content (AvgIpc) is 3.04. The van der Waals surface area contributed by atoms with Crippen LogP contribution in [0.4, 0.5) is 4.39 Å². The third kappa shape index (κ3) is 4.21. The minimum atomic E-state index is -0.150. The first-order valence-corrected chi connectivity index (χ1v) is 9.17. The van der Waals surface area contributed by atoms with Crippen molar-refractivity contribution in [2.24, 2.45) is 0 Å². The Kier molecular flexibility index (Phi) is 5.55. The van der Waals surface area contributed by atoms with Crippen molar-refractivity contribution in [3.8, 4) is 0 Å². The van der Waals surface area contributed by atoms with Crippen molar-refractivity contribution in [2.45, 2.75) is 49.1 Å². The van der Waals surface area contributed by atoms with Crippen molar-refractivity contribution in [3.05, 3.63) is 30.1 Å². The molecule has 3 rings (SSSR count). The van der Waals surface area contributed by atoms with Crippen molar-refractivity contribution in [3.63, 3.8) is 0 Å². The standard InChI is InChI=1S/C17H25FN2S/c18-14-6-8-15(9-7-14)21-13-12-20-11-2-1-5-17(20)16-4-3-10-19-16/h6-9,16-17,19H,1-5,10-13H2. The molecule has 0 spiro atoms. The summed E-state index contributed by atoms with van der Waals surface area (Å²) in [5.74, 6) is 0.942. The summed E-state index contributed by atoms with van der Waals surface area (Å²) in [6.07, 6.45) is 6.74. The Morgan fingerprint density at radius 1 is 1.14 bits per heavy atom. The normalized spacial score (nSPS) is 27.1. The van der Waals surface area contributed by atoms with Crippen LogP contribution < -0.4 is 5.32 Å². The molecule has 21 heavy (non-hydrogen) atoms. The zero-order valence-corrected chi connectivity index (χ0v) is 13.4. The van der Waals surface area contributed by atoms with Gasteiger partial charge in [0, 0.05) is 29.3 Å². The predicted molar refractivity (Wildman–Crippen MR) is 87.4 cm³/mol. The van der Waals surface area contributed by atoms with E-state index in [4.69, 9.17) is 0 Å². The highest BCUT2D eigenvalue weighted by atomic mass is 32.2. The Morgan fingerprint density at radius 2 is 2.00 bits per heavy atom. The van der Waals surface area contributed by atoms with E-state index < -0.39 is 0 Å². The van der Waals surface area contributed by atoms with Gasteiger partial charge in [-0.15, -0.1) is 11.8 Å². The number of likely N-dealkylation sites (tertiary alicyclic amines) is 1. The molecule has 0 aromatic heterocycles. The fourth-order valence-electron chi connectivity index (χ4n) is 3.60. The summed E-state index contributed by atoms with van der Waals surface area (Å²) in [7, 11) is 0. The van der Waals surface area contributed by atoms with Gasteiger partial charge in [0.1, 0.15) is 5.82 Å². The van der Waals surface area contributed by atoms with Crippen molar-refractivity contribution in [1.82, 2.24) is 10.2 Å². The zero-order valence-electron chi connectivity index (χ0n) is 12.6. The number of piperidine rings is 1. The molecule has 0 radical (unpaired) electrons. The van der Waals surface area contributed by atoms with Gasteiger partial charge < -0.3 is 5.32 Å². The molecular weight excluding hydrogens is 283 g/mol. The predicted octanol–water partition coefficient (Wildman–Crippen LogP) is 3.52. The van der Waals surface area contributed by atoms with Gasteiger partial charge >= 0.3 is 0 Å². The fraction of sp³-hybridized carbons (Fsp3) is 0.647. The first-order valence-electron chi connectivity index (χ1n) is 8.19. The van der Waals surface area contributed by atoms with Crippen LogP contribution in [0.5, 0.6) is 0 Å². The van der Waals surface area contributed by atoms with Crippen molar-refractivity contribution in [2.75, 3.05) is 25.4 Å². The summed E-state index contributed by atoms with van der Waals surface area (Å²) in [5, 5.41) is 3.68. The van der Waals surface area contributed by atoms with Crippen LogP contribution in [0, 0.1) is 5.82 Å². The summed E-state index contributed by atoms with van der Waals surface area (Å²) in [6.45, 7) is 3.58. The molecule has 1 aromatic carbocycles. The van der Waals surface area contributed by atoms with Gasteiger partial charge in [0.05, 0.1) is 0 Å². The highest BCUT2D eigenvalue weighted by Crippen LogP contribution is 2.25. The molecule has 2 fully saturated rings. The van der Waals surface area contributed by atoms with Gasteiger partial charge in [-0.05, 0) is 63.0 Å². The largest absolute Gasteiger partial charge is 0.312 e. The van der Waals surface area contributed by atoms with E-state index >= 15 is 0 Å².